The van der Waals surface area contributed by atoms with E-state index in [1.54, 1.807) is 12.1 Å². The van der Waals surface area contributed by atoms with E-state index in [1.165, 1.54) is 24.6 Å². The summed E-state index contributed by atoms with van der Waals surface area (Å²) in [6, 6.07) is 8.42. The van der Waals surface area contributed by atoms with Crippen molar-refractivity contribution in [2.75, 3.05) is 0 Å². The molecule has 0 heterocycles. The third-order valence-corrected chi connectivity index (χ3v) is 9.93. The predicted octanol–water partition coefficient (Wildman–Crippen LogP) is 6.02. The molecule has 0 spiro atoms. The van der Waals surface area contributed by atoms with E-state index in [1.807, 2.05) is 6.08 Å². The standard InChI is InChI=1S/C31H35FN2O3/c1-18(35)37-23-10-12-30(2)21(16-23)6-9-24-26(30)11-13-31(3)27(24)15-20(28(31)25(17-33)29(34)36)14-19-4-7-22(32)8-5-19/h4-8,14,23-24,26-27H,9-13,15-16H2,1-3H3,(H2,34,36)/b20-14+,28-25+/t23-,24+,26-,27-,30-,31-/m0/s1. The number of amides is 1. The van der Waals surface area contributed by atoms with Crippen molar-refractivity contribution in [2.24, 2.45) is 34.3 Å². The van der Waals surface area contributed by atoms with E-state index in [9.17, 15) is 19.2 Å². The van der Waals surface area contributed by atoms with Crippen LogP contribution in [0.3, 0.4) is 0 Å². The zero-order chi connectivity index (χ0) is 26.5. The number of carbonyl (C=O) groups excluding carboxylic acids is 2. The number of rotatable bonds is 3. The lowest BCUT2D eigenvalue weighted by Crippen LogP contribution is -2.50. The van der Waals surface area contributed by atoms with Gasteiger partial charge in [0.1, 0.15) is 23.6 Å². The number of ether oxygens (including phenoxy) is 1. The van der Waals surface area contributed by atoms with Gasteiger partial charge in [-0.25, -0.2) is 4.39 Å². The van der Waals surface area contributed by atoms with Crippen LogP contribution in [0.2, 0.25) is 0 Å². The molecule has 3 fully saturated rings. The quantitative estimate of drug-likeness (QED) is 0.237. The molecule has 0 aromatic heterocycles. The van der Waals surface area contributed by atoms with Gasteiger partial charge in [-0.15, -0.1) is 0 Å². The average molecular weight is 503 g/mol. The van der Waals surface area contributed by atoms with Gasteiger partial charge in [0, 0.05) is 13.3 Å². The highest BCUT2D eigenvalue weighted by Gasteiger charge is 2.59. The first-order chi connectivity index (χ1) is 17.6. The molecule has 194 valence electrons. The van der Waals surface area contributed by atoms with Gasteiger partial charge in [-0.1, -0.05) is 43.7 Å². The number of hydrogen-bond acceptors (Lipinski definition) is 4. The summed E-state index contributed by atoms with van der Waals surface area (Å²) in [6.45, 7) is 6.06. The molecule has 2 N–H and O–H groups in total. The maximum Gasteiger partial charge on any atom is 0.302 e. The van der Waals surface area contributed by atoms with Crippen LogP contribution in [0, 0.1) is 45.7 Å². The lowest BCUT2D eigenvalue weighted by atomic mass is 9.47. The molecular weight excluding hydrogens is 467 g/mol. The van der Waals surface area contributed by atoms with Crippen molar-refractivity contribution < 1.29 is 18.7 Å². The van der Waals surface area contributed by atoms with Gasteiger partial charge >= 0.3 is 5.97 Å². The Morgan fingerprint density at radius 3 is 2.46 bits per heavy atom. The van der Waals surface area contributed by atoms with Crippen LogP contribution in [-0.2, 0) is 14.3 Å². The Morgan fingerprint density at radius 1 is 1.11 bits per heavy atom. The number of hydrogen-bond donors (Lipinski definition) is 1. The third kappa shape index (κ3) is 4.23. The SMILES string of the molecule is CC(=O)O[C@H]1CC[C@@]2(C)C(=CC[C@@H]3[C@@H]2CC[C@]2(C)C(=C(\C#N)C(N)=O)/C(=C/c4ccc(F)cc4)C[C@@H]32)C1. The molecule has 6 heteroatoms. The van der Waals surface area contributed by atoms with Crippen molar-refractivity contribution in [3.8, 4) is 6.07 Å². The van der Waals surface area contributed by atoms with Crippen molar-refractivity contribution in [3.05, 3.63) is 64.0 Å². The summed E-state index contributed by atoms with van der Waals surface area (Å²) >= 11 is 0. The van der Waals surface area contributed by atoms with Gasteiger partial charge in [-0.05, 0) is 96.0 Å². The molecule has 0 radical (unpaired) electrons. The van der Waals surface area contributed by atoms with Crippen LogP contribution in [-0.4, -0.2) is 18.0 Å². The highest BCUT2D eigenvalue weighted by Crippen LogP contribution is 2.67. The highest BCUT2D eigenvalue weighted by molar-refractivity contribution is 5.98. The number of allylic oxidation sites excluding steroid dienone is 3. The Kier molecular flexibility index (Phi) is 6.38. The molecule has 4 aliphatic rings. The molecule has 5 nitrogen and oxygen atoms in total. The van der Waals surface area contributed by atoms with E-state index >= 15 is 0 Å². The van der Waals surface area contributed by atoms with Gasteiger partial charge in [0.2, 0.25) is 0 Å². The fraction of sp³-hybridized carbons (Fsp3) is 0.516. The average Bonchev–Trinajstić information content (AvgIpc) is 3.13. The number of halogens is 1. The molecule has 0 bridgehead atoms. The van der Waals surface area contributed by atoms with Gasteiger partial charge in [-0.2, -0.15) is 5.26 Å². The van der Waals surface area contributed by atoms with Gasteiger partial charge < -0.3 is 10.5 Å². The van der Waals surface area contributed by atoms with Gasteiger partial charge in [0.05, 0.1) is 0 Å². The van der Waals surface area contributed by atoms with Crippen LogP contribution >= 0.6 is 0 Å². The fourth-order valence-corrected chi connectivity index (χ4v) is 8.25. The van der Waals surface area contributed by atoms with Crippen LogP contribution in [0.4, 0.5) is 4.39 Å². The zero-order valence-corrected chi connectivity index (χ0v) is 21.9. The first kappa shape index (κ1) is 25.4. The van der Waals surface area contributed by atoms with Crippen LogP contribution in [0.5, 0.6) is 0 Å². The lowest BCUT2D eigenvalue weighted by molar-refractivity contribution is -0.148. The first-order valence-electron chi connectivity index (χ1n) is 13.3. The third-order valence-electron chi connectivity index (χ3n) is 9.93. The summed E-state index contributed by atoms with van der Waals surface area (Å²) in [6.07, 6.45) is 10.6. The van der Waals surface area contributed by atoms with Crippen LogP contribution in [0.1, 0.15) is 71.3 Å². The fourth-order valence-electron chi connectivity index (χ4n) is 8.25. The molecule has 6 atom stereocenters. The van der Waals surface area contributed by atoms with E-state index in [0.29, 0.717) is 11.8 Å². The Bertz CT molecular complexity index is 1270. The van der Waals surface area contributed by atoms with Crippen molar-refractivity contribution in [2.45, 2.75) is 71.8 Å². The Hall–Kier alpha value is -3.20. The Morgan fingerprint density at radius 2 is 1.81 bits per heavy atom. The monoisotopic (exact) mass is 502 g/mol. The van der Waals surface area contributed by atoms with Crippen molar-refractivity contribution >= 4 is 18.0 Å². The summed E-state index contributed by atoms with van der Waals surface area (Å²) < 4.78 is 19.1. The molecule has 5 rings (SSSR count). The van der Waals surface area contributed by atoms with Crippen LogP contribution in [0.15, 0.2) is 52.6 Å². The summed E-state index contributed by atoms with van der Waals surface area (Å²) in [5, 5.41) is 9.97. The van der Waals surface area contributed by atoms with Gasteiger partial charge in [0.25, 0.3) is 5.91 Å². The first-order valence-corrected chi connectivity index (χ1v) is 13.3. The molecule has 4 aliphatic carbocycles. The summed E-state index contributed by atoms with van der Waals surface area (Å²) in [5.74, 6) is -0.0207. The Labute approximate surface area is 218 Å². The van der Waals surface area contributed by atoms with E-state index < -0.39 is 5.91 Å². The van der Waals surface area contributed by atoms with E-state index in [0.717, 1.165) is 61.7 Å². The summed E-state index contributed by atoms with van der Waals surface area (Å²) in [4.78, 5) is 24.0. The van der Waals surface area contributed by atoms with Crippen LogP contribution in [0.25, 0.3) is 6.08 Å². The molecule has 1 amide bonds. The molecule has 0 saturated heterocycles. The number of carbonyl (C=O) groups is 2. The minimum absolute atomic E-state index is 0.0396. The molecular formula is C31H35FN2O3. The summed E-state index contributed by atoms with van der Waals surface area (Å²) in [7, 11) is 0. The zero-order valence-electron chi connectivity index (χ0n) is 21.9. The molecule has 1 aromatic carbocycles. The predicted molar refractivity (Wildman–Crippen MR) is 139 cm³/mol. The van der Waals surface area contributed by atoms with E-state index in [-0.39, 0.29) is 40.2 Å². The largest absolute Gasteiger partial charge is 0.462 e. The lowest BCUT2D eigenvalue weighted by Gasteiger charge is -2.57. The Balaban J connectivity index is 1.54. The van der Waals surface area contributed by atoms with Crippen molar-refractivity contribution in [1.29, 1.82) is 5.26 Å². The molecule has 0 aliphatic heterocycles. The minimum Gasteiger partial charge on any atom is -0.462 e. The second-order valence-corrected chi connectivity index (χ2v) is 11.8. The highest BCUT2D eigenvalue weighted by atomic mass is 19.1. The number of nitriles is 1. The molecule has 0 unspecified atom stereocenters. The topological polar surface area (TPSA) is 93.2 Å². The van der Waals surface area contributed by atoms with Crippen molar-refractivity contribution in [3.63, 3.8) is 0 Å². The normalized spacial score (nSPS) is 36.9. The van der Waals surface area contributed by atoms with Gasteiger partial charge in [0.15, 0.2) is 0 Å². The minimum atomic E-state index is -0.687. The number of fused-ring (bicyclic) bond motifs is 5. The maximum atomic E-state index is 13.5. The van der Waals surface area contributed by atoms with Crippen molar-refractivity contribution in [1.82, 2.24) is 0 Å². The maximum absolute atomic E-state index is 13.5. The molecule has 3 saturated carbocycles. The van der Waals surface area contributed by atoms with E-state index in [2.05, 4.69) is 26.0 Å². The number of esters is 1. The molecule has 37 heavy (non-hydrogen) atoms. The summed E-state index contributed by atoms with van der Waals surface area (Å²) in [5.41, 5.74) is 9.53. The smallest absolute Gasteiger partial charge is 0.302 e. The second-order valence-electron chi connectivity index (χ2n) is 11.8. The number of nitrogens with two attached hydrogens (primary N) is 1. The van der Waals surface area contributed by atoms with E-state index in [4.69, 9.17) is 10.5 Å². The van der Waals surface area contributed by atoms with Gasteiger partial charge in [-0.3, -0.25) is 9.59 Å². The van der Waals surface area contributed by atoms with Crippen LogP contribution < -0.4 is 5.73 Å². The number of primary amides is 1. The number of benzene rings is 1. The number of nitrogens with zero attached hydrogens (tertiary/aromatic N) is 1. The second kappa shape index (κ2) is 9.28. The molecule has 1 aromatic rings.